The number of oxazole rings is 1. The highest BCUT2D eigenvalue weighted by Gasteiger charge is 2.14. The highest BCUT2D eigenvalue weighted by Crippen LogP contribution is 2.25. The number of rotatable bonds is 10. The maximum absolute atomic E-state index is 11.1. The summed E-state index contributed by atoms with van der Waals surface area (Å²) in [7, 11) is 0. The molecule has 5 rings (SSSR count). The van der Waals surface area contributed by atoms with Crippen LogP contribution < -0.4 is 4.74 Å². The molecule has 1 N–H and O–H groups in total. The van der Waals surface area contributed by atoms with Crippen LogP contribution in [0.3, 0.4) is 0 Å². The SMILES string of the molecule is Cc1oc(-c2ccccc2)nc1COc1ccc(Cn2cc(CCC(=O)O)c(-c3ccccc3)n2)cc1. The monoisotopic (exact) mass is 493 g/mol. The molecule has 0 radical (unpaired) electrons. The second kappa shape index (κ2) is 11.0. The van der Waals surface area contributed by atoms with Crippen LogP contribution in [0, 0.1) is 6.92 Å². The lowest BCUT2D eigenvalue weighted by atomic mass is 10.0. The van der Waals surface area contributed by atoms with Crippen LogP contribution in [0.4, 0.5) is 0 Å². The van der Waals surface area contributed by atoms with Crippen molar-refractivity contribution in [1.29, 1.82) is 0 Å². The molecule has 186 valence electrons. The molecule has 7 nitrogen and oxygen atoms in total. The number of hydrogen-bond acceptors (Lipinski definition) is 5. The Morgan fingerprint density at radius 3 is 2.30 bits per heavy atom. The van der Waals surface area contributed by atoms with Crippen molar-refractivity contribution in [3.05, 3.63) is 114 Å². The molecule has 7 heteroatoms. The van der Waals surface area contributed by atoms with E-state index in [9.17, 15) is 4.79 Å². The first kappa shape index (κ1) is 24.1. The van der Waals surface area contributed by atoms with Gasteiger partial charge in [-0.2, -0.15) is 5.10 Å². The summed E-state index contributed by atoms with van der Waals surface area (Å²) in [6, 6.07) is 27.5. The fraction of sp³-hybridized carbons (Fsp3) is 0.167. The number of aromatic nitrogens is 3. The van der Waals surface area contributed by atoms with Crippen molar-refractivity contribution in [2.75, 3.05) is 0 Å². The number of nitrogens with zero attached hydrogens (tertiary/aromatic N) is 3. The Bertz CT molecular complexity index is 1470. The molecule has 0 spiro atoms. The van der Waals surface area contributed by atoms with Crippen molar-refractivity contribution in [3.63, 3.8) is 0 Å². The molecular weight excluding hydrogens is 466 g/mol. The van der Waals surface area contributed by atoms with Gasteiger partial charge in [0.25, 0.3) is 0 Å². The van der Waals surface area contributed by atoms with Crippen molar-refractivity contribution < 1.29 is 19.1 Å². The molecule has 2 heterocycles. The van der Waals surface area contributed by atoms with E-state index in [0.29, 0.717) is 25.5 Å². The summed E-state index contributed by atoms with van der Waals surface area (Å²) < 4.78 is 13.6. The second-order valence-corrected chi connectivity index (χ2v) is 8.78. The van der Waals surface area contributed by atoms with Crippen LogP contribution >= 0.6 is 0 Å². The van der Waals surface area contributed by atoms with E-state index in [1.807, 2.05) is 103 Å². The third-order valence-electron chi connectivity index (χ3n) is 6.05. The highest BCUT2D eigenvalue weighted by molar-refractivity contribution is 5.68. The molecule has 3 aromatic carbocycles. The lowest BCUT2D eigenvalue weighted by molar-refractivity contribution is -0.136. The van der Waals surface area contributed by atoms with Gasteiger partial charge in [0.15, 0.2) is 0 Å². The Labute approximate surface area is 215 Å². The molecule has 0 amide bonds. The Morgan fingerprint density at radius 2 is 1.62 bits per heavy atom. The molecule has 0 unspecified atom stereocenters. The maximum atomic E-state index is 11.1. The van der Waals surface area contributed by atoms with E-state index < -0.39 is 5.97 Å². The molecule has 0 saturated carbocycles. The van der Waals surface area contributed by atoms with Crippen molar-refractivity contribution in [1.82, 2.24) is 14.8 Å². The Kier molecular flexibility index (Phi) is 7.12. The van der Waals surface area contributed by atoms with Gasteiger partial charge in [-0.05, 0) is 48.7 Å². The summed E-state index contributed by atoms with van der Waals surface area (Å²) in [6.07, 6.45) is 2.43. The third-order valence-corrected chi connectivity index (χ3v) is 6.05. The third kappa shape index (κ3) is 5.95. The minimum Gasteiger partial charge on any atom is -0.487 e. The van der Waals surface area contributed by atoms with Crippen molar-refractivity contribution >= 4 is 5.97 Å². The Morgan fingerprint density at radius 1 is 0.946 bits per heavy atom. The number of hydrogen-bond donors (Lipinski definition) is 1. The van der Waals surface area contributed by atoms with E-state index >= 15 is 0 Å². The Balaban J connectivity index is 1.25. The summed E-state index contributed by atoms with van der Waals surface area (Å²) in [5.74, 6) is 1.24. The van der Waals surface area contributed by atoms with Gasteiger partial charge in [0.05, 0.1) is 12.2 Å². The second-order valence-electron chi connectivity index (χ2n) is 8.78. The van der Waals surface area contributed by atoms with Crippen LogP contribution in [0.25, 0.3) is 22.7 Å². The molecule has 0 aliphatic heterocycles. The van der Waals surface area contributed by atoms with Crippen molar-refractivity contribution in [2.24, 2.45) is 0 Å². The summed E-state index contributed by atoms with van der Waals surface area (Å²) in [5.41, 5.74) is 5.47. The normalized spacial score (nSPS) is 10.9. The first-order valence-electron chi connectivity index (χ1n) is 12.1. The van der Waals surface area contributed by atoms with Gasteiger partial charge in [0, 0.05) is 23.7 Å². The molecule has 0 bridgehead atoms. The smallest absolute Gasteiger partial charge is 0.303 e. The molecule has 2 aromatic heterocycles. The van der Waals surface area contributed by atoms with Crippen LogP contribution in [0.2, 0.25) is 0 Å². The largest absolute Gasteiger partial charge is 0.487 e. The number of ether oxygens (including phenoxy) is 1. The standard InChI is InChI=1S/C30H27N3O4/c1-21-27(31-30(37-21)24-10-6-3-7-11-24)20-36-26-15-12-22(13-16-26)18-33-19-25(14-17-28(34)35)29(32-33)23-8-4-2-5-9-23/h2-13,15-16,19H,14,17-18,20H2,1H3,(H,34,35). The summed E-state index contributed by atoms with van der Waals surface area (Å²) in [6.45, 7) is 2.77. The van der Waals surface area contributed by atoms with Gasteiger partial charge in [0.1, 0.15) is 23.8 Å². The van der Waals surface area contributed by atoms with Gasteiger partial charge < -0.3 is 14.3 Å². The lowest BCUT2D eigenvalue weighted by Gasteiger charge is -2.07. The molecular formula is C30H27N3O4. The number of aryl methyl sites for hydroxylation is 2. The summed E-state index contributed by atoms with van der Waals surface area (Å²) in [5, 5.41) is 13.9. The van der Waals surface area contributed by atoms with E-state index in [4.69, 9.17) is 19.4 Å². The van der Waals surface area contributed by atoms with Crippen molar-refractivity contribution in [2.45, 2.75) is 32.9 Å². The van der Waals surface area contributed by atoms with Crippen LogP contribution in [0.5, 0.6) is 5.75 Å². The zero-order valence-electron chi connectivity index (χ0n) is 20.5. The molecule has 0 fully saturated rings. The fourth-order valence-electron chi connectivity index (χ4n) is 4.10. The fourth-order valence-corrected chi connectivity index (χ4v) is 4.10. The van der Waals surface area contributed by atoms with Gasteiger partial charge in [-0.3, -0.25) is 9.48 Å². The van der Waals surface area contributed by atoms with Crippen LogP contribution in [-0.2, 0) is 24.4 Å². The molecule has 5 aromatic rings. The predicted octanol–water partition coefficient (Wildman–Crippen LogP) is 6.16. The zero-order valence-corrected chi connectivity index (χ0v) is 20.5. The maximum Gasteiger partial charge on any atom is 0.303 e. The first-order valence-corrected chi connectivity index (χ1v) is 12.1. The molecule has 0 atom stereocenters. The average molecular weight is 494 g/mol. The number of benzene rings is 3. The minimum absolute atomic E-state index is 0.0649. The topological polar surface area (TPSA) is 90.4 Å². The highest BCUT2D eigenvalue weighted by atomic mass is 16.5. The summed E-state index contributed by atoms with van der Waals surface area (Å²) in [4.78, 5) is 15.7. The zero-order chi connectivity index (χ0) is 25.6. The van der Waals surface area contributed by atoms with E-state index in [-0.39, 0.29) is 6.42 Å². The van der Waals surface area contributed by atoms with Gasteiger partial charge in [0.2, 0.25) is 5.89 Å². The number of carboxylic acids is 1. The van der Waals surface area contributed by atoms with Crippen molar-refractivity contribution in [3.8, 4) is 28.5 Å². The van der Waals surface area contributed by atoms with Gasteiger partial charge in [-0.15, -0.1) is 0 Å². The Hall–Kier alpha value is -4.65. The van der Waals surface area contributed by atoms with Gasteiger partial charge >= 0.3 is 5.97 Å². The van der Waals surface area contributed by atoms with E-state index in [0.717, 1.165) is 45.2 Å². The number of aliphatic carboxylic acids is 1. The van der Waals surface area contributed by atoms with Gasteiger partial charge in [-0.1, -0.05) is 60.7 Å². The molecule has 0 saturated heterocycles. The molecule has 37 heavy (non-hydrogen) atoms. The van der Waals surface area contributed by atoms with Gasteiger partial charge in [-0.25, -0.2) is 4.98 Å². The van der Waals surface area contributed by atoms with Crippen LogP contribution in [0.15, 0.2) is 95.5 Å². The van der Waals surface area contributed by atoms with E-state index in [1.54, 1.807) is 0 Å². The summed E-state index contributed by atoms with van der Waals surface area (Å²) >= 11 is 0. The lowest BCUT2D eigenvalue weighted by Crippen LogP contribution is -2.01. The average Bonchev–Trinajstić information content (AvgIpc) is 3.51. The first-order chi connectivity index (χ1) is 18.0. The number of carboxylic acid groups (broad SMARTS) is 1. The minimum atomic E-state index is -0.820. The number of carbonyl (C=O) groups is 1. The van der Waals surface area contributed by atoms with E-state index in [2.05, 4.69) is 4.98 Å². The molecule has 0 aliphatic carbocycles. The van der Waals surface area contributed by atoms with Crippen LogP contribution in [0.1, 0.15) is 29.0 Å². The van der Waals surface area contributed by atoms with E-state index in [1.165, 1.54) is 0 Å². The van der Waals surface area contributed by atoms with Crippen LogP contribution in [-0.4, -0.2) is 25.8 Å². The predicted molar refractivity (Wildman–Crippen MR) is 140 cm³/mol. The molecule has 0 aliphatic rings. The quantitative estimate of drug-likeness (QED) is 0.251.